The fourth-order valence-electron chi connectivity index (χ4n) is 2.39. The normalized spacial score (nSPS) is 16.7. The van der Waals surface area contributed by atoms with E-state index in [0.717, 1.165) is 18.7 Å². The van der Waals surface area contributed by atoms with E-state index in [1.54, 1.807) is 11.8 Å². The number of thioether (sulfide) groups is 1. The van der Waals surface area contributed by atoms with Crippen LogP contribution in [0.1, 0.15) is 37.8 Å². The molecule has 0 radical (unpaired) electrons. The maximum absolute atomic E-state index is 9.32. The molecular formula is C16H22N2S. The molecule has 0 aromatic heterocycles. The van der Waals surface area contributed by atoms with Crippen LogP contribution in [0.15, 0.2) is 23.1 Å². The van der Waals surface area contributed by atoms with Gasteiger partial charge in [0.1, 0.15) is 5.54 Å². The molecule has 0 fully saturated rings. The van der Waals surface area contributed by atoms with Gasteiger partial charge < -0.3 is 0 Å². The molecule has 1 aliphatic carbocycles. The quantitative estimate of drug-likeness (QED) is 0.806. The minimum absolute atomic E-state index is 0.431. The molecule has 102 valence electrons. The third-order valence-electron chi connectivity index (χ3n) is 3.61. The molecule has 0 heterocycles. The Morgan fingerprint density at radius 1 is 1.37 bits per heavy atom. The first kappa shape index (κ1) is 14.4. The lowest BCUT2D eigenvalue weighted by molar-refractivity contribution is 0.493. The maximum atomic E-state index is 9.32. The summed E-state index contributed by atoms with van der Waals surface area (Å²) in [6.45, 7) is 5.01. The van der Waals surface area contributed by atoms with Crippen molar-refractivity contribution in [3.63, 3.8) is 0 Å². The van der Waals surface area contributed by atoms with E-state index in [4.69, 9.17) is 0 Å². The van der Waals surface area contributed by atoms with Crippen LogP contribution in [-0.2, 0) is 12.8 Å². The number of rotatable bonds is 6. The number of aryl methyl sites for hydroxylation is 2. The number of benzene rings is 1. The SMILES string of the molecule is CCCNC(C)(C#N)CSc1ccc2c(c1)CCC2. The van der Waals surface area contributed by atoms with E-state index in [1.165, 1.54) is 35.3 Å². The second-order valence-corrected chi connectivity index (χ2v) is 6.49. The Bertz CT molecular complexity index is 478. The number of nitriles is 1. The molecule has 1 N–H and O–H groups in total. The highest BCUT2D eigenvalue weighted by atomic mass is 32.2. The van der Waals surface area contributed by atoms with Crippen LogP contribution in [0.4, 0.5) is 0 Å². The number of nitrogens with one attached hydrogen (secondary N) is 1. The van der Waals surface area contributed by atoms with Crippen molar-refractivity contribution in [2.45, 2.75) is 50.0 Å². The molecule has 1 aromatic carbocycles. The van der Waals surface area contributed by atoms with Gasteiger partial charge in [0.25, 0.3) is 0 Å². The molecule has 2 rings (SSSR count). The van der Waals surface area contributed by atoms with Gasteiger partial charge in [-0.25, -0.2) is 0 Å². The van der Waals surface area contributed by atoms with Gasteiger partial charge in [-0.15, -0.1) is 11.8 Å². The van der Waals surface area contributed by atoms with Crippen LogP contribution in [0.5, 0.6) is 0 Å². The molecule has 0 saturated carbocycles. The standard InChI is InChI=1S/C16H22N2S/c1-3-9-18-16(2,11-17)12-19-15-8-7-13-5-4-6-14(13)10-15/h7-8,10,18H,3-6,9,12H2,1-2H3. The number of hydrogen-bond acceptors (Lipinski definition) is 3. The van der Waals surface area contributed by atoms with Crippen LogP contribution in [-0.4, -0.2) is 17.8 Å². The lowest BCUT2D eigenvalue weighted by Gasteiger charge is -2.22. The van der Waals surface area contributed by atoms with Crippen molar-refractivity contribution in [1.29, 1.82) is 5.26 Å². The Morgan fingerprint density at radius 3 is 2.89 bits per heavy atom. The summed E-state index contributed by atoms with van der Waals surface area (Å²) in [4.78, 5) is 1.29. The maximum Gasteiger partial charge on any atom is 0.113 e. The third-order valence-corrected chi connectivity index (χ3v) is 4.92. The molecule has 0 aliphatic heterocycles. The Morgan fingerprint density at radius 2 is 2.16 bits per heavy atom. The van der Waals surface area contributed by atoms with Crippen molar-refractivity contribution in [3.05, 3.63) is 29.3 Å². The van der Waals surface area contributed by atoms with Crippen molar-refractivity contribution in [2.24, 2.45) is 0 Å². The Kier molecular flexibility index (Phi) is 4.90. The summed E-state index contributed by atoms with van der Waals surface area (Å²) in [5.74, 6) is 0.794. The molecule has 0 bridgehead atoms. The minimum Gasteiger partial charge on any atom is -0.299 e. The second-order valence-electron chi connectivity index (χ2n) is 5.44. The van der Waals surface area contributed by atoms with Gasteiger partial charge in [0, 0.05) is 10.6 Å². The molecule has 3 heteroatoms. The van der Waals surface area contributed by atoms with Gasteiger partial charge in [-0.1, -0.05) is 13.0 Å². The average Bonchev–Trinajstić information content (AvgIpc) is 2.90. The second kappa shape index (κ2) is 6.45. The zero-order valence-electron chi connectivity index (χ0n) is 11.8. The van der Waals surface area contributed by atoms with E-state index in [-0.39, 0.29) is 0 Å². The molecule has 0 spiro atoms. The fourth-order valence-corrected chi connectivity index (χ4v) is 3.40. The Balaban J connectivity index is 1.96. The van der Waals surface area contributed by atoms with Gasteiger partial charge in [0.2, 0.25) is 0 Å². The van der Waals surface area contributed by atoms with E-state index in [2.05, 4.69) is 36.5 Å². The van der Waals surface area contributed by atoms with Gasteiger partial charge in [-0.05, 0) is 62.4 Å². The molecule has 1 atom stereocenters. The minimum atomic E-state index is -0.431. The summed E-state index contributed by atoms with van der Waals surface area (Å²) in [5.41, 5.74) is 2.58. The van der Waals surface area contributed by atoms with Gasteiger partial charge in [-0.2, -0.15) is 5.26 Å². The molecule has 0 amide bonds. The topological polar surface area (TPSA) is 35.8 Å². The van der Waals surface area contributed by atoms with Crippen LogP contribution in [0, 0.1) is 11.3 Å². The predicted molar refractivity (Wildman–Crippen MR) is 81.5 cm³/mol. The van der Waals surface area contributed by atoms with E-state index >= 15 is 0 Å². The van der Waals surface area contributed by atoms with E-state index < -0.39 is 5.54 Å². The van der Waals surface area contributed by atoms with Crippen LogP contribution in [0.2, 0.25) is 0 Å². The highest BCUT2D eigenvalue weighted by Crippen LogP contribution is 2.29. The van der Waals surface area contributed by atoms with Crippen LogP contribution in [0.25, 0.3) is 0 Å². The first-order chi connectivity index (χ1) is 9.17. The lowest BCUT2D eigenvalue weighted by atomic mass is 10.1. The molecular weight excluding hydrogens is 252 g/mol. The monoisotopic (exact) mass is 274 g/mol. The van der Waals surface area contributed by atoms with Crippen molar-refractivity contribution < 1.29 is 0 Å². The van der Waals surface area contributed by atoms with Gasteiger partial charge in [-0.3, -0.25) is 5.32 Å². The third kappa shape index (κ3) is 3.75. The van der Waals surface area contributed by atoms with Crippen LogP contribution in [0.3, 0.4) is 0 Å². The number of fused-ring (bicyclic) bond motifs is 1. The van der Waals surface area contributed by atoms with Crippen LogP contribution < -0.4 is 5.32 Å². The van der Waals surface area contributed by atoms with E-state index in [0.29, 0.717) is 0 Å². The lowest BCUT2D eigenvalue weighted by Crippen LogP contribution is -2.43. The highest BCUT2D eigenvalue weighted by Gasteiger charge is 2.23. The summed E-state index contributed by atoms with van der Waals surface area (Å²) in [5, 5.41) is 12.7. The molecule has 1 aromatic rings. The Labute approximate surface area is 120 Å². The zero-order chi connectivity index (χ0) is 13.7. The zero-order valence-corrected chi connectivity index (χ0v) is 12.6. The van der Waals surface area contributed by atoms with Gasteiger partial charge in [0.15, 0.2) is 0 Å². The molecule has 1 aliphatic rings. The van der Waals surface area contributed by atoms with Crippen molar-refractivity contribution in [3.8, 4) is 6.07 Å². The number of nitrogens with zero attached hydrogens (tertiary/aromatic N) is 1. The summed E-state index contributed by atoms with van der Waals surface area (Å²) in [7, 11) is 0. The summed E-state index contributed by atoms with van der Waals surface area (Å²) in [6.07, 6.45) is 4.79. The van der Waals surface area contributed by atoms with E-state index in [1.807, 2.05) is 6.92 Å². The van der Waals surface area contributed by atoms with Crippen molar-refractivity contribution in [1.82, 2.24) is 5.32 Å². The first-order valence-electron chi connectivity index (χ1n) is 7.08. The van der Waals surface area contributed by atoms with Crippen LogP contribution >= 0.6 is 11.8 Å². The molecule has 19 heavy (non-hydrogen) atoms. The van der Waals surface area contributed by atoms with Gasteiger partial charge in [0.05, 0.1) is 6.07 Å². The van der Waals surface area contributed by atoms with E-state index in [9.17, 15) is 5.26 Å². The average molecular weight is 274 g/mol. The predicted octanol–water partition coefficient (Wildman–Crippen LogP) is 3.55. The van der Waals surface area contributed by atoms with Crippen molar-refractivity contribution >= 4 is 11.8 Å². The highest BCUT2D eigenvalue weighted by molar-refractivity contribution is 7.99. The summed E-state index contributed by atoms with van der Waals surface area (Å²) in [6, 6.07) is 9.17. The van der Waals surface area contributed by atoms with Crippen molar-refractivity contribution in [2.75, 3.05) is 12.3 Å². The first-order valence-corrected chi connectivity index (χ1v) is 8.06. The number of hydrogen-bond donors (Lipinski definition) is 1. The summed E-state index contributed by atoms with van der Waals surface area (Å²) < 4.78 is 0. The smallest absolute Gasteiger partial charge is 0.113 e. The largest absolute Gasteiger partial charge is 0.299 e. The Hall–Kier alpha value is -0.980. The molecule has 2 nitrogen and oxygen atoms in total. The van der Waals surface area contributed by atoms with Gasteiger partial charge >= 0.3 is 0 Å². The molecule has 1 unspecified atom stereocenters. The molecule has 0 saturated heterocycles. The fraction of sp³-hybridized carbons (Fsp3) is 0.562. The summed E-state index contributed by atoms with van der Waals surface area (Å²) >= 11 is 1.78.